The second-order valence-corrected chi connectivity index (χ2v) is 4.05. The first-order chi connectivity index (χ1) is 8.42. The third-order valence-electron chi connectivity index (χ3n) is 1.67. The highest BCUT2D eigenvalue weighted by molar-refractivity contribution is 14.1. The Morgan fingerprint density at radius 3 is 2.16 bits per heavy atom. The number of halogens is 7. The maximum atomic E-state index is 12.5. The number of ether oxygens (including phenoxy) is 1. The smallest absolute Gasteiger partial charge is 0.478 e. The van der Waals surface area contributed by atoms with Gasteiger partial charge < -0.3 is 9.84 Å². The molecular formula is C8H2F6INO3. The predicted octanol–water partition coefficient (Wildman–Crippen LogP) is 3.30. The highest BCUT2D eigenvalue weighted by Crippen LogP contribution is 2.35. The van der Waals surface area contributed by atoms with Crippen molar-refractivity contribution in [3.63, 3.8) is 0 Å². The number of hydrogen-bond acceptors (Lipinski definition) is 3. The fraction of sp³-hybridized carbons (Fsp3) is 0.250. The van der Waals surface area contributed by atoms with E-state index in [0.29, 0.717) is 0 Å². The van der Waals surface area contributed by atoms with Gasteiger partial charge in [0, 0.05) is 0 Å². The van der Waals surface area contributed by atoms with Crippen LogP contribution in [0.5, 0.6) is 5.75 Å². The van der Waals surface area contributed by atoms with Crippen molar-refractivity contribution in [3.8, 4) is 5.75 Å². The molecule has 1 rings (SSSR count). The van der Waals surface area contributed by atoms with Crippen molar-refractivity contribution in [3.05, 3.63) is 21.0 Å². The molecule has 0 aliphatic carbocycles. The summed E-state index contributed by atoms with van der Waals surface area (Å²) in [5.74, 6) is -3.18. The third-order valence-corrected chi connectivity index (χ3v) is 2.44. The summed E-state index contributed by atoms with van der Waals surface area (Å²) in [5.41, 5.74) is -3.22. The van der Waals surface area contributed by atoms with Crippen LogP contribution in [0.25, 0.3) is 0 Å². The summed E-state index contributed by atoms with van der Waals surface area (Å²) in [5, 5.41) is 8.56. The van der Waals surface area contributed by atoms with E-state index in [2.05, 4.69) is 9.72 Å². The maximum absolute atomic E-state index is 12.5. The summed E-state index contributed by atoms with van der Waals surface area (Å²) in [6, 6.07) is 0.132. The van der Waals surface area contributed by atoms with E-state index < -0.39 is 39.2 Å². The Balaban J connectivity index is 3.42. The van der Waals surface area contributed by atoms with Crippen LogP contribution in [0.15, 0.2) is 6.07 Å². The van der Waals surface area contributed by atoms with Gasteiger partial charge in [0.2, 0.25) is 0 Å². The minimum absolute atomic E-state index is 0.132. The molecule has 0 saturated heterocycles. The first kappa shape index (κ1) is 15.8. The number of nitrogens with zero attached hydrogens (tertiary/aromatic N) is 1. The molecule has 0 unspecified atom stereocenters. The van der Waals surface area contributed by atoms with Crippen molar-refractivity contribution < 1.29 is 41.0 Å². The van der Waals surface area contributed by atoms with Gasteiger partial charge in [-0.05, 0) is 28.7 Å². The zero-order valence-electron chi connectivity index (χ0n) is 8.43. The number of carboxylic acid groups (broad SMARTS) is 1. The molecule has 19 heavy (non-hydrogen) atoms. The molecule has 0 amide bonds. The van der Waals surface area contributed by atoms with Crippen molar-refractivity contribution >= 4 is 28.6 Å². The van der Waals surface area contributed by atoms with Crippen LogP contribution >= 0.6 is 22.6 Å². The van der Waals surface area contributed by atoms with Gasteiger partial charge in [0.25, 0.3) is 0 Å². The molecule has 11 heteroatoms. The van der Waals surface area contributed by atoms with Gasteiger partial charge >= 0.3 is 18.5 Å². The first-order valence-electron chi connectivity index (χ1n) is 4.18. The number of alkyl halides is 6. The number of carbonyl (C=O) groups is 1. The Kier molecular flexibility index (Phi) is 4.17. The van der Waals surface area contributed by atoms with E-state index in [1.54, 1.807) is 0 Å². The second-order valence-electron chi connectivity index (χ2n) is 3.02. The number of pyridine rings is 1. The van der Waals surface area contributed by atoms with Crippen molar-refractivity contribution in [2.24, 2.45) is 0 Å². The summed E-state index contributed by atoms with van der Waals surface area (Å²) in [6.07, 6.45) is -10.3. The molecule has 1 heterocycles. The minimum Gasteiger partial charge on any atom is -0.478 e. The highest BCUT2D eigenvalue weighted by Gasteiger charge is 2.40. The van der Waals surface area contributed by atoms with Crippen LogP contribution in [-0.2, 0) is 6.18 Å². The molecule has 1 aromatic heterocycles. The average Bonchev–Trinajstić information content (AvgIpc) is 2.16. The molecule has 0 saturated carbocycles. The largest absolute Gasteiger partial charge is 0.573 e. The lowest BCUT2D eigenvalue weighted by Gasteiger charge is -2.14. The second kappa shape index (κ2) is 5.02. The quantitative estimate of drug-likeness (QED) is 0.470. The van der Waals surface area contributed by atoms with Gasteiger partial charge in [-0.25, -0.2) is 9.78 Å². The van der Waals surface area contributed by atoms with Gasteiger partial charge in [0.15, 0.2) is 11.4 Å². The first-order valence-corrected chi connectivity index (χ1v) is 5.26. The van der Waals surface area contributed by atoms with Crippen LogP contribution in [0.4, 0.5) is 26.3 Å². The molecule has 0 fully saturated rings. The summed E-state index contributed by atoms with van der Waals surface area (Å²) in [4.78, 5) is 13.4. The summed E-state index contributed by atoms with van der Waals surface area (Å²) >= 11 is 1.08. The van der Waals surface area contributed by atoms with Gasteiger partial charge in [-0.3, -0.25) is 0 Å². The molecular weight excluding hydrogens is 399 g/mol. The van der Waals surface area contributed by atoms with Crippen molar-refractivity contribution in [1.29, 1.82) is 0 Å². The Labute approximate surface area is 114 Å². The molecule has 4 nitrogen and oxygen atoms in total. The van der Waals surface area contributed by atoms with Crippen molar-refractivity contribution in [2.45, 2.75) is 12.5 Å². The molecule has 0 aliphatic heterocycles. The van der Waals surface area contributed by atoms with E-state index in [1.807, 2.05) is 0 Å². The zero-order chi connectivity index (χ0) is 15.0. The molecule has 0 bridgehead atoms. The van der Waals surface area contributed by atoms with Gasteiger partial charge in [-0.15, -0.1) is 13.2 Å². The number of carboxylic acids is 1. The number of rotatable bonds is 2. The third kappa shape index (κ3) is 4.11. The fourth-order valence-corrected chi connectivity index (χ4v) is 1.55. The van der Waals surface area contributed by atoms with E-state index in [4.69, 9.17) is 5.11 Å². The lowest BCUT2D eigenvalue weighted by Crippen LogP contribution is -2.21. The van der Waals surface area contributed by atoms with Crippen LogP contribution in [0.3, 0.4) is 0 Å². The Morgan fingerprint density at radius 1 is 1.26 bits per heavy atom. The molecule has 0 aliphatic rings. The van der Waals surface area contributed by atoms with E-state index in [9.17, 15) is 31.1 Å². The van der Waals surface area contributed by atoms with Gasteiger partial charge in [0.1, 0.15) is 3.70 Å². The molecule has 1 N–H and O–H groups in total. The zero-order valence-corrected chi connectivity index (χ0v) is 10.6. The molecule has 0 spiro atoms. The number of aromatic nitrogens is 1. The number of hydrogen-bond donors (Lipinski definition) is 1. The van der Waals surface area contributed by atoms with Gasteiger partial charge in [-0.2, -0.15) is 13.2 Å². The minimum atomic E-state index is -5.17. The fourth-order valence-electron chi connectivity index (χ4n) is 1.05. The SMILES string of the molecule is O=C(O)c1cc(OC(F)(F)F)c(I)nc1C(F)(F)F. The van der Waals surface area contributed by atoms with Crippen LogP contribution < -0.4 is 4.74 Å². The Morgan fingerprint density at radius 2 is 1.79 bits per heavy atom. The van der Waals surface area contributed by atoms with Gasteiger partial charge in [0.05, 0.1) is 5.56 Å². The number of aromatic carboxylic acids is 1. The van der Waals surface area contributed by atoms with E-state index in [0.717, 1.165) is 22.6 Å². The van der Waals surface area contributed by atoms with Crippen LogP contribution in [0, 0.1) is 3.70 Å². The van der Waals surface area contributed by atoms with Gasteiger partial charge in [-0.1, -0.05) is 0 Å². The monoisotopic (exact) mass is 401 g/mol. The highest BCUT2D eigenvalue weighted by atomic mass is 127. The standard InChI is InChI=1S/C8H2F6INO3/c9-7(10,11)4-2(6(17)18)1-3(5(15)16-4)19-8(12,13)14/h1H,(H,17,18). The molecule has 0 atom stereocenters. The Bertz CT molecular complexity index is 512. The molecule has 0 aromatic carbocycles. The normalized spacial score (nSPS) is 12.4. The Hall–Kier alpha value is -1.27. The lowest BCUT2D eigenvalue weighted by molar-refractivity contribution is -0.275. The average molecular weight is 401 g/mol. The lowest BCUT2D eigenvalue weighted by atomic mass is 10.2. The molecule has 1 aromatic rings. The summed E-state index contributed by atoms with van der Waals surface area (Å²) in [6.45, 7) is 0. The predicted molar refractivity (Wildman–Crippen MR) is 55.6 cm³/mol. The maximum Gasteiger partial charge on any atom is 0.573 e. The molecule has 106 valence electrons. The van der Waals surface area contributed by atoms with Crippen LogP contribution in [0.1, 0.15) is 16.1 Å². The van der Waals surface area contributed by atoms with Crippen LogP contribution in [-0.4, -0.2) is 22.4 Å². The summed E-state index contributed by atoms with van der Waals surface area (Å²) < 4.78 is 75.9. The van der Waals surface area contributed by atoms with E-state index in [1.165, 1.54) is 0 Å². The summed E-state index contributed by atoms with van der Waals surface area (Å²) in [7, 11) is 0. The van der Waals surface area contributed by atoms with E-state index in [-0.39, 0.29) is 6.07 Å². The molecule has 0 radical (unpaired) electrons. The van der Waals surface area contributed by atoms with Crippen molar-refractivity contribution in [1.82, 2.24) is 4.98 Å². The van der Waals surface area contributed by atoms with Crippen molar-refractivity contribution in [2.75, 3.05) is 0 Å². The van der Waals surface area contributed by atoms with Crippen LogP contribution in [0.2, 0.25) is 0 Å². The topological polar surface area (TPSA) is 59.4 Å². The van der Waals surface area contributed by atoms with E-state index >= 15 is 0 Å².